The zero-order chi connectivity index (χ0) is 11.9. The number of rotatable bonds is 6. The Kier molecular flexibility index (Phi) is 5.95. The monoisotopic (exact) mass is 211 g/mol. The van der Waals surface area contributed by atoms with E-state index in [1.165, 1.54) is 0 Å². The summed E-state index contributed by atoms with van der Waals surface area (Å²) in [5.74, 6) is 0.0368. The lowest BCUT2D eigenvalue weighted by atomic mass is 9.91. The van der Waals surface area contributed by atoms with Crippen molar-refractivity contribution in [2.75, 3.05) is 26.7 Å². The number of hydrogen-bond acceptors (Lipinski definition) is 3. The fourth-order valence-corrected chi connectivity index (χ4v) is 1.10. The molecule has 15 heavy (non-hydrogen) atoms. The molecule has 0 rings (SSSR count). The SMILES string of the molecule is CCNC(=O)CN(C)CCC(C)(C)C#N. The van der Waals surface area contributed by atoms with Crippen molar-refractivity contribution in [2.45, 2.75) is 27.2 Å². The van der Waals surface area contributed by atoms with Gasteiger partial charge in [0, 0.05) is 6.54 Å². The van der Waals surface area contributed by atoms with Crippen LogP contribution in [0.25, 0.3) is 0 Å². The van der Waals surface area contributed by atoms with E-state index in [9.17, 15) is 4.79 Å². The molecule has 86 valence electrons. The number of likely N-dealkylation sites (N-methyl/N-ethyl adjacent to an activating group) is 2. The van der Waals surface area contributed by atoms with Crippen LogP contribution in [0, 0.1) is 16.7 Å². The molecule has 0 aliphatic heterocycles. The first-order chi connectivity index (χ1) is 6.91. The highest BCUT2D eigenvalue weighted by Gasteiger charge is 2.17. The van der Waals surface area contributed by atoms with Gasteiger partial charge in [-0.25, -0.2) is 0 Å². The minimum absolute atomic E-state index is 0.0368. The molecule has 1 amide bonds. The summed E-state index contributed by atoms with van der Waals surface area (Å²) in [6.07, 6.45) is 0.777. The first kappa shape index (κ1) is 13.9. The van der Waals surface area contributed by atoms with Crippen LogP contribution in [0.3, 0.4) is 0 Å². The summed E-state index contributed by atoms with van der Waals surface area (Å²) >= 11 is 0. The highest BCUT2D eigenvalue weighted by Crippen LogP contribution is 2.18. The molecule has 4 nitrogen and oxygen atoms in total. The summed E-state index contributed by atoms with van der Waals surface area (Å²) in [6, 6.07) is 2.25. The molecule has 0 bridgehead atoms. The third-order valence-electron chi connectivity index (χ3n) is 2.21. The highest BCUT2D eigenvalue weighted by atomic mass is 16.1. The van der Waals surface area contributed by atoms with Crippen molar-refractivity contribution in [1.82, 2.24) is 10.2 Å². The van der Waals surface area contributed by atoms with E-state index in [0.717, 1.165) is 13.0 Å². The topological polar surface area (TPSA) is 56.1 Å². The summed E-state index contributed by atoms with van der Waals surface area (Å²) < 4.78 is 0. The summed E-state index contributed by atoms with van der Waals surface area (Å²) in [4.78, 5) is 13.2. The first-order valence-corrected chi connectivity index (χ1v) is 5.28. The second-order valence-corrected chi connectivity index (χ2v) is 4.44. The standard InChI is InChI=1S/C11H21N3O/c1-5-13-10(15)8-14(4)7-6-11(2,3)9-12/h5-8H2,1-4H3,(H,13,15). The number of nitriles is 1. The van der Waals surface area contributed by atoms with Gasteiger partial charge < -0.3 is 5.32 Å². The molecule has 0 spiro atoms. The van der Waals surface area contributed by atoms with Crippen LogP contribution in [0.15, 0.2) is 0 Å². The molecule has 0 fully saturated rings. The second kappa shape index (κ2) is 6.41. The van der Waals surface area contributed by atoms with Gasteiger partial charge >= 0.3 is 0 Å². The summed E-state index contributed by atoms with van der Waals surface area (Å²) in [5.41, 5.74) is -0.310. The number of nitrogens with one attached hydrogen (secondary N) is 1. The normalized spacial score (nSPS) is 11.2. The van der Waals surface area contributed by atoms with Gasteiger partial charge in [0.15, 0.2) is 0 Å². The molecule has 0 aliphatic carbocycles. The molecule has 0 aliphatic rings. The predicted molar refractivity (Wildman–Crippen MR) is 60.2 cm³/mol. The molecule has 0 saturated heterocycles. The average Bonchev–Trinajstić information content (AvgIpc) is 2.15. The van der Waals surface area contributed by atoms with E-state index in [4.69, 9.17) is 5.26 Å². The molecule has 0 aromatic carbocycles. The Hall–Kier alpha value is -1.08. The van der Waals surface area contributed by atoms with E-state index in [-0.39, 0.29) is 11.3 Å². The van der Waals surface area contributed by atoms with E-state index < -0.39 is 0 Å². The minimum atomic E-state index is -0.310. The van der Waals surface area contributed by atoms with E-state index in [0.29, 0.717) is 13.1 Å². The third kappa shape index (κ3) is 6.92. The van der Waals surface area contributed by atoms with Crippen LogP contribution >= 0.6 is 0 Å². The van der Waals surface area contributed by atoms with Crippen LogP contribution in [0.1, 0.15) is 27.2 Å². The molecule has 0 aromatic heterocycles. The second-order valence-electron chi connectivity index (χ2n) is 4.44. The van der Waals surface area contributed by atoms with E-state index in [2.05, 4.69) is 11.4 Å². The molecular weight excluding hydrogens is 190 g/mol. The first-order valence-electron chi connectivity index (χ1n) is 5.28. The fourth-order valence-electron chi connectivity index (χ4n) is 1.10. The van der Waals surface area contributed by atoms with Crippen LogP contribution in [-0.4, -0.2) is 37.5 Å². The third-order valence-corrected chi connectivity index (χ3v) is 2.21. The van der Waals surface area contributed by atoms with Gasteiger partial charge in [-0.1, -0.05) is 0 Å². The lowest BCUT2D eigenvalue weighted by Crippen LogP contribution is -2.36. The van der Waals surface area contributed by atoms with Gasteiger partial charge in [0.1, 0.15) is 0 Å². The molecule has 0 heterocycles. The van der Waals surface area contributed by atoms with Crippen molar-refractivity contribution in [2.24, 2.45) is 5.41 Å². The Morgan fingerprint density at radius 1 is 1.53 bits per heavy atom. The number of amides is 1. The van der Waals surface area contributed by atoms with Gasteiger partial charge in [-0.3, -0.25) is 9.69 Å². The lowest BCUT2D eigenvalue weighted by Gasteiger charge is -2.21. The van der Waals surface area contributed by atoms with Crippen LogP contribution in [0.5, 0.6) is 0 Å². The molecule has 0 atom stereocenters. The van der Waals surface area contributed by atoms with Crippen LogP contribution < -0.4 is 5.32 Å². The van der Waals surface area contributed by atoms with Crippen molar-refractivity contribution in [3.8, 4) is 6.07 Å². The zero-order valence-electron chi connectivity index (χ0n) is 10.1. The number of carbonyl (C=O) groups excluding carboxylic acids is 1. The van der Waals surface area contributed by atoms with E-state index in [1.807, 2.05) is 32.7 Å². The van der Waals surface area contributed by atoms with Gasteiger partial charge in [0.25, 0.3) is 0 Å². The zero-order valence-corrected chi connectivity index (χ0v) is 10.1. The van der Waals surface area contributed by atoms with Crippen molar-refractivity contribution in [3.63, 3.8) is 0 Å². The molecule has 0 radical (unpaired) electrons. The molecule has 4 heteroatoms. The van der Waals surface area contributed by atoms with Gasteiger partial charge in [0.05, 0.1) is 18.0 Å². The van der Waals surface area contributed by atoms with E-state index in [1.54, 1.807) is 0 Å². The number of hydrogen-bond donors (Lipinski definition) is 1. The van der Waals surface area contributed by atoms with Crippen LogP contribution in [0.4, 0.5) is 0 Å². The maximum Gasteiger partial charge on any atom is 0.234 e. The number of carbonyl (C=O) groups is 1. The maximum absolute atomic E-state index is 11.2. The molecular formula is C11H21N3O. The Bertz CT molecular complexity index is 243. The number of nitrogens with zero attached hydrogens (tertiary/aromatic N) is 2. The van der Waals surface area contributed by atoms with Crippen molar-refractivity contribution in [3.05, 3.63) is 0 Å². The maximum atomic E-state index is 11.2. The van der Waals surface area contributed by atoms with Gasteiger partial charge in [0.2, 0.25) is 5.91 Å². The Morgan fingerprint density at radius 3 is 2.60 bits per heavy atom. The largest absolute Gasteiger partial charge is 0.355 e. The smallest absolute Gasteiger partial charge is 0.234 e. The van der Waals surface area contributed by atoms with Gasteiger partial charge in [-0.2, -0.15) is 5.26 Å². The van der Waals surface area contributed by atoms with Crippen LogP contribution in [-0.2, 0) is 4.79 Å². The summed E-state index contributed by atoms with van der Waals surface area (Å²) in [5, 5.41) is 11.6. The minimum Gasteiger partial charge on any atom is -0.355 e. The lowest BCUT2D eigenvalue weighted by molar-refractivity contribution is -0.121. The van der Waals surface area contributed by atoms with Gasteiger partial charge in [-0.05, 0) is 40.8 Å². The molecule has 0 saturated carbocycles. The van der Waals surface area contributed by atoms with Crippen molar-refractivity contribution < 1.29 is 4.79 Å². The van der Waals surface area contributed by atoms with Gasteiger partial charge in [-0.15, -0.1) is 0 Å². The Balaban J connectivity index is 3.81. The highest BCUT2D eigenvalue weighted by molar-refractivity contribution is 5.77. The van der Waals surface area contributed by atoms with Crippen molar-refractivity contribution >= 4 is 5.91 Å². The summed E-state index contributed by atoms with van der Waals surface area (Å²) in [7, 11) is 1.89. The van der Waals surface area contributed by atoms with E-state index >= 15 is 0 Å². The average molecular weight is 211 g/mol. The molecule has 1 N–H and O–H groups in total. The Labute approximate surface area is 92.3 Å². The quantitative estimate of drug-likeness (QED) is 0.713. The molecule has 0 unspecified atom stereocenters. The van der Waals surface area contributed by atoms with Crippen molar-refractivity contribution in [1.29, 1.82) is 5.26 Å². The Morgan fingerprint density at radius 2 is 2.13 bits per heavy atom. The fraction of sp³-hybridized carbons (Fsp3) is 0.818. The van der Waals surface area contributed by atoms with Crippen LogP contribution in [0.2, 0.25) is 0 Å². The summed E-state index contributed by atoms with van der Waals surface area (Å²) in [6.45, 7) is 7.54. The molecule has 0 aromatic rings. The predicted octanol–water partition coefficient (Wildman–Crippen LogP) is 0.994.